The van der Waals surface area contributed by atoms with Crippen LogP contribution in [-0.4, -0.2) is 25.5 Å². The molecule has 3 aromatic rings. The highest BCUT2D eigenvalue weighted by molar-refractivity contribution is 5.96. The van der Waals surface area contributed by atoms with Crippen LogP contribution in [0.2, 0.25) is 0 Å². The average Bonchev–Trinajstić information content (AvgIpc) is 2.91. The summed E-state index contributed by atoms with van der Waals surface area (Å²) in [5.74, 6) is 0.599. The van der Waals surface area contributed by atoms with Gasteiger partial charge in [-0.2, -0.15) is 0 Å². The molecule has 0 spiro atoms. The van der Waals surface area contributed by atoms with Gasteiger partial charge in [0, 0.05) is 11.1 Å². The molecular weight excluding hydrogens is 464 g/mol. The predicted molar refractivity (Wildman–Crippen MR) is 147 cm³/mol. The first-order valence-corrected chi connectivity index (χ1v) is 13.0. The molecule has 0 aliphatic carbocycles. The van der Waals surface area contributed by atoms with Crippen LogP contribution in [0.5, 0.6) is 11.5 Å². The summed E-state index contributed by atoms with van der Waals surface area (Å²) in [6.45, 7) is 6.74. The molecule has 6 nitrogen and oxygen atoms in total. The molecule has 0 fully saturated rings. The van der Waals surface area contributed by atoms with Crippen molar-refractivity contribution in [3.63, 3.8) is 0 Å². The van der Waals surface area contributed by atoms with E-state index in [4.69, 9.17) is 9.47 Å². The summed E-state index contributed by atoms with van der Waals surface area (Å²) < 4.78 is 11.6. The third-order valence-electron chi connectivity index (χ3n) is 6.20. The standard InChI is InChI=1S/C31H38N2O4/c1-5-6-7-8-9-20-37-27-19-18-26(21-28(27)36-4)29(32-30(34)24-14-10-22(2)11-15-24)33-31(35)25-16-12-23(3)13-17-25/h10-19,21,29H,5-9,20H2,1-4H3,(H,32,34)(H,33,35). The number of ether oxygens (including phenoxy) is 2. The van der Waals surface area contributed by atoms with Crippen LogP contribution in [0.4, 0.5) is 0 Å². The molecule has 3 rings (SSSR count). The van der Waals surface area contributed by atoms with E-state index >= 15 is 0 Å². The van der Waals surface area contributed by atoms with Crippen molar-refractivity contribution in [3.05, 3.63) is 94.5 Å². The van der Waals surface area contributed by atoms with Crippen LogP contribution < -0.4 is 20.1 Å². The van der Waals surface area contributed by atoms with Gasteiger partial charge in [0.25, 0.3) is 11.8 Å². The summed E-state index contributed by atoms with van der Waals surface area (Å²) in [5.41, 5.74) is 3.82. The van der Waals surface area contributed by atoms with Crippen molar-refractivity contribution in [3.8, 4) is 11.5 Å². The Labute approximate surface area is 220 Å². The van der Waals surface area contributed by atoms with Gasteiger partial charge in [-0.3, -0.25) is 9.59 Å². The topological polar surface area (TPSA) is 76.7 Å². The minimum Gasteiger partial charge on any atom is -0.493 e. The molecule has 196 valence electrons. The monoisotopic (exact) mass is 502 g/mol. The quantitative estimate of drug-likeness (QED) is 0.206. The van der Waals surface area contributed by atoms with Crippen molar-refractivity contribution in [2.45, 2.75) is 59.0 Å². The maximum atomic E-state index is 13.1. The van der Waals surface area contributed by atoms with Crippen molar-refractivity contribution in [1.29, 1.82) is 0 Å². The van der Waals surface area contributed by atoms with E-state index in [0.717, 1.165) is 24.0 Å². The number of hydrogen-bond donors (Lipinski definition) is 2. The molecule has 0 heterocycles. The van der Waals surface area contributed by atoms with Gasteiger partial charge in [0.15, 0.2) is 11.5 Å². The normalized spacial score (nSPS) is 10.7. The molecule has 0 radical (unpaired) electrons. The van der Waals surface area contributed by atoms with E-state index in [0.29, 0.717) is 34.8 Å². The molecule has 37 heavy (non-hydrogen) atoms. The Morgan fingerprint density at radius 1 is 0.730 bits per heavy atom. The summed E-state index contributed by atoms with van der Waals surface area (Å²) >= 11 is 0. The van der Waals surface area contributed by atoms with Crippen molar-refractivity contribution < 1.29 is 19.1 Å². The Morgan fingerprint density at radius 3 is 1.78 bits per heavy atom. The van der Waals surface area contributed by atoms with E-state index in [2.05, 4.69) is 17.6 Å². The van der Waals surface area contributed by atoms with Gasteiger partial charge in [0.1, 0.15) is 6.17 Å². The summed E-state index contributed by atoms with van der Waals surface area (Å²) in [5, 5.41) is 5.91. The lowest BCUT2D eigenvalue weighted by molar-refractivity contribution is 0.0883. The molecule has 0 unspecified atom stereocenters. The van der Waals surface area contributed by atoms with Gasteiger partial charge in [0.05, 0.1) is 13.7 Å². The fourth-order valence-corrected chi connectivity index (χ4v) is 3.91. The molecule has 0 atom stereocenters. The second-order valence-electron chi connectivity index (χ2n) is 9.28. The van der Waals surface area contributed by atoms with Gasteiger partial charge in [-0.05, 0) is 62.2 Å². The number of unbranched alkanes of at least 4 members (excludes halogenated alkanes) is 4. The Kier molecular flexibility index (Phi) is 10.6. The minimum absolute atomic E-state index is 0.291. The number of rotatable bonds is 13. The average molecular weight is 503 g/mol. The SMILES string of the molecule is CCCCCCCOc1ccc(C(NC(=O)c2ccc(C)cc2)NC(=O)c2ccc(C)cc2)cc1OC. The van der Waals surface area contributed by atoms with Gasteiger partial charge in [-0.1, -0.05) is 74.1 Å². The maximum Gasteiger partial charge on any atom is 0.253 e. The minimum atomic E-state index is -0.778. The number of carbonyl (C=O) groups is 2. The largest absolute Gasteiger partial charge is 0.493 e. The second-order valence-corrected chi connectivity index (χ2v) is 9.28. The lowest BCUT2D eigenvalue weighted by Gasteiger charge is -2.22. The van der Waals surface area contributed by atoms with Crippen LogP contribution in [0.15, 0.2) is 66.7 Å². The molecule has 0 saturated heterocycles. The number of carbonyl (C=O) groups excluding carboxylic acids is 2. The Balaban J connectivity index is 1.79. The molecule has 0 aromatic heterocycles. The zero-order chi connectivity index (χ0) is 26.6. The third kappa shape index (κ3) is 8.38. The van der Waals surface area contributed by atoms with E-state index < -0.39 is 6.17 Å². The smallest absolute Gasteiger partial charge is 0.253 e. The fourth-order valence-electron chi connectivity index (χ4n) is 3.91. The summed E-state index contributed by atoms with van der Waals surface area (Å²) in [6, 6.07) is 20.0. The highest BCUT2D eigenvalue weighted by Crippen LogP contribution is 2.30. The van der Waals surface area contributed by atoms with Crippen molar-refractivity contribution in [2.24, 2.45) is 0 Å². The van der Waals surface area contributed by atoms with Crippen LogP contribution in [-0.2, 0) is 0 Å². The molecule has 6 heteroatoms. The predicted octanol–water partition coefficient (Wildman–Crippen LogP) is 6.52. The van der Waals surface area contributed by atoms with Crippen molar-refractivity contribution in [1.82, 2.24) is 10.6 Å². The third-order valence-corrected chi connectivity index (χ3v) is 6.20. The van der Waals surface area contributed by atoms with Crippen molar-refractivity contribution >= 4 is 11.8 Å². The molecule has 0 aliphatic heterocycles. The number of nitrogens with one attached hydrogen (secondary N) is 2. The van der Waals surface area contributed by atoms with E-state index in [1.54, 1.807) is 37.4 Å². The van der Waals surface area contributed by atoms with Crippen LogP contribution >= 0.6 is 0 Å². The van der Waals surface area contributed by atoms with Gasteiger partial charge in [-0.15, -0.1) is 0 Å². The van der Waals surface area contributed by atoms with Gasteiger partial charge in [-0.25, -0.2) is 0 Å². The molecule has 3 aromatic carbocycles. The first-order chi connectivity index (χ1) is 17.9. The molecule has 0 saturated carbocycles. The zero-order valence-corrected chi connectivity index (χ0v) is 22.3. The highest BCUT2D eigenvalue weighted by Gasteiger charge is 2.21. The molecule has 2 N–H and O–H groups in total. The van der Waals surface area contributed by atoms with E-state index in [-0.39, 0.29) is 11.8 Å². The zero-order valence-electron chi connectivity index (χ0n) is 22.3. The first kappa shape index (κ1) is 27.8. The molecule has 0 aliphatic rings. The van der Waals surface area contributed by atoms with Gasteiger partial charge >= 0.3 is 0 Å². The van der Waals surface area contributed by atoms with Gasteiger partial charge < -0.3 is 20.1 Å². The lowest BCUT2D eigenvalue weighted by atomic mass is 10.1. The second kappa shape index (κ2) is 14.1. The molecular formula is C31H38N2O4. The van der Waals surface area contributed by atoms with Gasteiger partial charge in [0.2, 0.25) is 0 Å². The van der Waals surface area contributed by atoms with Crippen LogP contribution in [0.3, 0.4) is 0 Å². The van der Waals surface area contributed by atoms with E-state index in [1.165, 1.54) is 19.3 Å². The summed E-state index contributed by atoms with van der Waals surface area (Å²) in [7, 11) is 1.58. The van der Waals surface area contributed by atoms with Crippen LogP contribution in [0.25, 0.3) is 0 Å². The fraction of sp³-hybridized carbons (Fsp3) is 0.355. The number of hydrogen-bond acceptors (Lipinski definition) is 4. The lowest BCUT2D eigenvalue weighted by Crippen LogP contribution is -2.41. The molecule has 0 bridgehead atoms. The summed E-state index contributed by atoms with van der Waals surface area (Å²) in [4.78, 5) is 26.1. The number of amides is 2. The van der Waals surface area contributed by atoms with Crippen LogP contribution in [0.1, 0.15) is 82.6 Å². The van der Waals surface area contributed by atoms with E-state index in [9.17, 15) is 9.59 Å². The first-order valence-electron chi connectivity index (χ1n) is 13.0. The van der Waals surface area contributed by atoms with Crippen molar-refractivity contribution in [2.75, 3.05) is 13.7 Å². The van der Waals surface area contributed by atoms with E-state index in [1.807, 2.05) is 50.2 Å². The number of aryl methyl sites for hydroxylation is 2. The highest BCUT2D eigenvalue weighted by atomic mass is 16.5. The number of benzene rings is 3. The van der Waals surface area contributed by atoms with Crippen LogP contribution in [0, 0.1) is 13.8 Å². The molecule has 2 amide bonds. The Bertz CT molecular complexity index is 1100. The Hall–Kier alpha value is -3.80. The summed E-state index contributed by atoms with van der Waals surface area (Å²) in [6.07, 6.45) is 4.98. The maximum absolute atomic E-state index is 13.1. The number of methoxy groups -OCH3 is 1. The Morgan fingerprint density at radius 2 is 1.27 bits per heavy atom.